The number of rotatable bonds is 4. The molecule has 1 aromatic heterocycles. The third-order valence-corrected chi connectivity index (χ3v) is 5.67. The van der Waals surface area contributed by atoms with Crippen LogP contribution >= 0.6 is 23.1 Å². The molecule has 124 valence electrons. The third-order valence-electron chi connectivity index (χ3n) is 3.68. The van der Waals surface area contributed by atoms with Crippen molar-refractivity contribution in [1.29, 1.82) is 0 Å². The Balaban J connectivity index is 1.95. The molecule has 0 atom stereocenters. The Bertz CT molecular complexity index is 695. The molecule has 7 heteroatoms. The van der Waals surface area contributed by atoms with E-state index < -0.39 is 11.7 Å². The van der Waals surface area contributed by atoms with E-state index in [2.05, 4.69) is 10.3 Å². The Morgan fingerprint density at radius 2 is 1.87 bits per heavy atom. The first kappa shape index (κ1) is 16.7. The van der Waals surface area contributed by atoms with Crippen LogP contribution in [0.25, 0.3) is 0 Å². The summed E-state index contributed by atoms with van der Waals surface area (Å²) in [6.07, 6.45) is -3.42. The van der Waals surface area contributed by atoms with E-state index in [1.54, 1.807) is 29.2 Å². The van der Waals surface area contributed by atoms with Gasteiger partial charge in [0.2, 0.25) is 0 Å². The highest BCUT2D eigenvalue weighted by Gasteiger charge is 2.33. The van der Waals surface area contributed by atoms with Crippen molar-refractivity contribution in [3.05, 3.63) is 34.5 Å². The van der Waals surface area contributed by atoms with Gasteiger partial charge in [0.15, 0.2) is 0 Å². The fourth-order valence-electron chi connectivity index (χ4n) is 2.58. The van der Waals surface area contributed by atoms with Gasteiger partial charge in [-0.2, -0.15) is 13.2 Å². The maximum atomic E-state index is 13.0. The van der Waals surface area contributed by atoms with Crippen LogP contribution in [0.5, 0.6) is 0 Å². The maximum absolute atomic E-state index is 13.0. The summed E-state index contributed by atoms with van der Waals surface area (Å²) in [6, 6.07) is 4.03. The normalized spacial score (nSPS) is 14.1. The largest absolute Gasteiger partial charge is 0.416 e. The highest BCUT2D eigenvalue weighted by Crippen LogP contribution is 2.50. The quantitative estimate of drug-likeness (QED) is 0.730. The van der Waals surface area contributed by atoms with E-state index in [4.69, 9.17) is 0 Å². The van der Waals surface area contributed by atoms with Crippen LogP contribution in [-0.4, -0.2) is 32.1 Å². The topological polar surface area (TPSA) is 6.48 Å². The average Bonchev–Trinajstić information content (AvgIpc) is 2.92. The van der Waals surface area contributed by atoms with E-state index in [0.717, 1.165) is 28.4 Å². The molecule has 1 aromatic carbocycles. The van der Waals surface area contributed by atoms with Gasteiger partial charge in [-0.25, -0.2) is 0 Å². The molecular formula is C16H17F3N2S2. The van der Waals surface area contributed by atoms with Gasteiger partial charge in [0.05, 0.1) is 16.9 Å². The van der Waals surface area contributed by atoms with E-state index in [1.165, 1.54) is 12.1 Å². The second-order valence-corrected chi connectivity index (χ2v) is 7.54. The highest BCUT2D eigenvalue weighted by molar-refractivity contribution is 7.99. The molecule has 0 saturated heterocycles. The molecule has 2 aromatic rings. The summed E-state index contributed by atoms with van der Waals surface area (Å²) in [4.78, 5) is 6.11. The van der Waals surface area contributed by atoms with Crippen molar-refractivity contribution in [1.82, 2.24) is 4.90 Å². The number of alkyl halides is 3. The molecule has 0 radical (unpaired) electrons. The zero-order valence-corrected chi connectivity index (χ0v) is 14.5. The van der Waals surface area contributed by atoms with Crippen LogP contribution in [0.4, 0.5) is 24.5 Å². The number of hydrogen-bond donors (Lipinski definition) is 0. The number of nitrogens with zero attached hydrogens (tertiary/aromatic N) is 2. The summed E-state index contributed by atoms with van der Waals surface area (Å²) in [7, 11) is 4.00. The number of hydrogen-bond acceptors (Lipinski definition) is 4. The predicted octanol–water partition coefficient (Wildman–Crippen LogP) is 5.32. The Morgan fingerprint density at radius 1 is 1.09 bits per heavy atom. The van der Waals surface area contributed by atoms with Gasteiger partial charge in [0.1, 0.15) is 0 Å². The second kappa shape index (κ2) is 6.37. The molecule has 0 bridgehead atoms. The lowest BCUT2D eigenvalue weighted by Crippen LogP contribution is -2.25. The smallest absolute Gasteiger partial charge is 0.339 e. The summed E-state index contributed by atoms with van der Waals surface area (Å²) in [5, 5.41) is 4.07. The van der Waals surface area contributed by atoms with Gasteiger partial charge in [-0.05, 0) is 45.3 Å². The van der Waals surface area contributed by atoms with E-state index >= 15 is 0 Å². The molecule has 23 heavy (non-hydrogen) atoms. The lowest BCUT2D eigenvalue weighted by molar-refractivity contribution is -0.137. The molecule has 1 aliphatic heterocycles. The first-order valence-electron chi connectivity index (χ1n) is 7.24. The standard InChI is InChI=1S/C16H17F3N2S2/c1-20(2)6-3-7-21-12-8-11(16(17,18)19)4-5-14(12)23-15-10-22-9-13(15)21/h4-5,8-10H,3,6-7H2,1-2H3. The summed E-state index contributed by atoms with van der Waals surface area (Å²) >= 11 is 3.13. The highest BCUT2D eigenvalue weighted by atomic mass is 32.2. The van der Waals surface area contributed by atoms with Gasteiger partial charge in [-0.15, -0.1) is 11.3 Å². The molecule has 2 nitrogen and oxygen atoms in total. The first-order valence-corrected chi connectivity index (χ1v) is 9.00. The van der Waals surface area contributed by atoms with Crippen LogP contribution < -0.4 is 4.90 Å². The Hall–Kier alpha value is -1.18. The molecule has 0 spiro atoms. The van der Waals surface area contributed by atoms with Crippen molar-refractivity contribution in [3.8, 4) is 0 Å². The monoisotopic (exact) mass is 358 g/mol. The van der Waals surface area contributed by atoms with Crippen molar-refractivity contribution in [2.45, 2.75) is 22.4 Å². The van der Waals surface area contributed by atoms with Crippen LogP contribution in [-0.2, 0) is 6.18 Å². The maximum Gasteiger partial charge on any atom is 0.416 e. The summed E-state index contributed by atoms with van der Waals surface area (Å²) in [6.45, 7) is 1.61. The van der Waals surface area contributed by atoms with Crippen LogP contribution in [0, 0.1) is 0 Å². The first-order chi connectivity index (χ1) is 10.9. The predicted molar refractivity (Wildman–Crippen MR) is 90.1 cm³/mol. The van der Waals surface area contributed by atoms with Crippen molar-refractivity contribution in [2.24, 2.45) is 0 Å². The minimum atomic E-state index is -4.32. The lowest BCUT2D eigenvalue weighted by atomic mass is 10.1. The van der Waals surface area contributed by atoms with Crippen molar-refractivity contribution < 1.29 is 13.2 Å². The SMILES string of the molecule is CN(C)CCCN1c2cscc2Sc2ccc(C(F)(F)F)cc21. The summed E-state index contributed by atoms with van der Waals surface area (Å²) < 4.78 is 39.1. The second-order valence-electron chi connectivity index (χ2n) is 5.71. The van der Waals surface area contributed by atoms with Gasteiger partial charge in [-0.3, -0.25) is 0 Å². The fourth-order valence-corrected chi connectivity index (χ4v) is 4.63. The van der Waals surface area contributed by atoms with Gasteiger partial charge < -0.3 is 9.80 Å². The number of halogens is 3. The Kier molecular flexibility index (Phi) is 4.62. The van der Waals surface area contributed by atoms with Gasteiger partial charge in [-0.1, -0.05) is 11.8 Å². The molecular weight excluding hydrogens is 341 g/mol. The molecule has 0 amide bonds. The lowest BCUT2D eigenvalue weighted by Gasteiger charge is -2.32. The third kappa shape index (κ3) is 3.51. The van der Waals surface area contributed by atoms with Gasteiger partial charge >= 0.3 is 6.18 Å². The van der Waals surface area contributed by atoms with Crippen molar-refractivity contribution in [2.75, 3.05) is 32.1 Å². The van der Waals surface area contributed by atoms with Crippen molar-refractivity contribution >= 4 is 34.5 Å². The number of thiophene rings is 1. The molecule has 0 aliphatic carbocycles. The number of anilines is 2. The van der Waals surface area contributed by atoms with E-state index in [0.29, 0.717) is 12.2 Å². The van der Waals surface area contributed by atoms with E-state index in [9.17, 15) is 13.2 Å². The van der Waals surface area contributed by atoms with E-state index in [-0.39, 0.29) is 0 Å². The Morgan fingerprint density at radius 3 is 2.57 bits per heavy atom. The van der Waals surface area contributed by atoms with E-state index in [1.807, 2.05) is 24.4 Å². The minimum absolute atomic E-state index is 0.590. The molecule has 1 aliphatic rings. The number of fused-ring (bicyclic) bond motifs is 2. The fraction of sp³-hybridized carbons (Fsp3) is 0.375. The van der Waals surface area contributed by atoms with Crippen LogP contribution in [0.15, 0.2) is 38.8 Å². The van der Waals surface area contributed by atoms with Crippen LogP contribution in [0.2, 0.25) is 0 Å². The number of benzene rings is 1. The molecule has 0 N–H and O–H groups in total. The summed E-state index contributed by atoms with van der Waals surface area (Å²) in [5.41, 5.74) is 1.09. The minimum Gasteiger partial charge on any atom is -0.339 e. The zero-order valence-electron chi connectivity index (χ0n) is 12.9. The molecule has 0 fully saturated rings. The zero-order chi connectivity index (χ0) is 16.6. The molecule has 2 heterocycles. The summed E-state index contributed by atoms with van der Waals surface area (Å²) in [5.74, 6) is 0. The molecule has 0 saturated carbocycles. The molecule has 3 rings (SSSR count). The Labute approximate surface area is 141 Å². The van der Waals surface area contributed by atoms with Crippen molar-refractivity contribution in [3.63, 3.8) is 0 Å². The average molecular weight is 358 g/mol. The van der Waals surface area contributed by atoms with Crippen LogP contribution in [0.1, 0.15) is 12.0 Å². The van der Waals surface area contributed by atoms with Gasteiger partial charge in [0, 0.05) is 27.1 Å². The van der Waals surface area contributed by atoms with Gasteiger partial charge in [0.25, 0.3) is 0 Å². The molecule has 0 unspecified atom stereocenters. The van der Waals surface area contributed by atoms with Crippen LogP contribution in [0.3, 0.4) is 0 Å².